The Morgan fingerprint density at radius 2 is 1.52 bits per heavy atom. The number of hydrogen-bond donors (Lipinski definition) is 8. The zero-order valence-corrected chi connectivity index (χ0v) is 20.7. The molecule has 216 valence electrons. The molecule has 5 rings (SSSR count). The number of hydrogen-bond acceptors (Lipinski definition) is 14. The van der Waals surface area contributed by atoms with Crippen molar-refractivity contribution < 1.29 is 64.2 Å². The van der Waals surface area contributed by atoms with E-state index in [4.69, 9.17) is 23.4 Å². The molecule has 0 aliphatic carbocycles. The van der Waals surface area contributed by atoms with E-state index in [0.29, 0.717) is 5.56 Å². The van der Waals surface area contributed by atoms with E-state index in [9.17, 15) is 45.6 Å². The lowest BCUT2D eigenvalue weighted by molar-refractivity contribution is -0.307. The maximum atomic E-state index is 13.2. The normalized spacial score (nSPS) is 32.7. The van der Waals surface area contributed by atoms with E-state index in [1.165, 1.54) is 30.3 Å². The zero-order chi connectivity index (χ0) is 28.7. The van der Waals surface area contributed by atoms with Crippen LogP contribution in [0.3, 0.4) is 0 Å². The summed E-state index contributed by atoms with van der Waals surface area (Å²) in [5.41, 5.74) is -0.0485. The summed E-state index contributed by atoms with van der Waals surface area (Å²) >= 11 is 0. The lowest BCUT2D eigenvalue weighted by Gasteiger charge is -2.41. The van der Waals surface area contributed by atoms with Gasteiger partial charge in [0, 0.05) is 0 Å². The molecule has 2 aliphatic heterocycles. The average molecular weight is 564 g/mol. The van der Waals surface area contributed by atoms with Crippen LogP contribution in [0.15, 0.2) is 51.9 Å². The maximum absolute atomic E-state index is 13.2. The zero-order valence-electron chi connectivity index (χ0n) is 20.7. The van der Waals surface area contributed by atoms with Crippen molar-refractivity contribution in [3.05, 3.63) is 52.9 Å². The van der Waals surface area contributed by atoms with Crippen LogP contribution in [0.4, 0.5) is 0 Å². The number of rotatable bonds is 6. The molecular weight excluding hydrogens is 536 g/mol. The van der Waals surface area contributed by atoms with Gasteiger partial charge < -0.3 is 64.2 Å². The first-order chi connectivity index (χ1) is 19.1. The van der Waals surface area contributed by atoms with Crippen molar-refractivity contribution in [1.82, 2.24) is 0 Å². The predicted octanol–water partition coefficient (Wildman–Crippen LogP) is -1.49. The number of benzene rings is 2. The molecule has 14 nitrogen and oxygen atoms in total. The topological polar surface area (TPSA) is 229 Å². The van der Waals surface area contributed by atoms with Crippen LogP contribution in [0, 0.1) is 0 Å². The summed E-state index contributed by atoms with van der Waals surface area (Å²) in [4.78, 5) is 13.2. The van der Waals surface area contributed by atoms with Crippen molar-refractivity contribution in [3.63, 3.8) is 0 Å². The molecule has 0 amide bonds. The van der Waals surface area contributed by atoms with E-state index in [2.05, 4.69) is 0 Å². The summed E-state index contributed by atoms with van der Waals surface area (Å²) in [6.45, 7) is -0.841. The first kappa shape index (κ1) is 28.2. The van der Waals surface area contributed by atoms with Crippen molar-refractivity contribution >= 4 is 11.0 Å². The van der Waals surface area contributed by atoms with Gasteiger partial charge in [0.15, 0.2) is 17.6 Å². The van der Waals surface area contributed by atoms with Gasteiger partial charge in [0.25, 0.3) is 0 Å². The molecule has 0 spiro atoms. The monoisotopic (exact) mass is 564 g/mol. The SMILES string of the molecule is O=c1c(-c2ccc(O)cc2)coc2c(O[C@H]3O[C@H](CO[C@H]4OC[C@@H](O)[C@H](O)[C@H]4O)[C@@H](O)[C@H](O)[C@H]3O)c(O)ccc12. The molecule has 2 aromatic carbocycles. The van der Waals surface area contributed by atoms with Gasteiger partial charge >= 0.3 is 0 Å². The molecule has 0 saturated carbocycles. The molecule has 2 fully saturated rings. The second-order valence-corrected chi connectivity index (χ2v) is 9.53. The highest BCUT2D eigenvalue weighted by molar-refractivity contribution is 5.88. The minimum absolute atomic E-state index is 0.00770. The van der Waals surface area contributed by atoms with Crippen LogP contribution in [0.25, 0.3) is 22.1 Å². The Balaban J connectivity index is 1.38. The van der Waals surface area contributed by atoms with Crippen LogP contribution in [0.5, 0.6) is 17.2 Å². The number of phenolic OH excluding ortho intramolecular Hbond substituents is 2. The molecule has 14 heteroatoms. The minimum atomic E-state index is -1.82. The highest BCUT2D eigenvalue weighted by Crippen LogP contribution is 2.37. The van der Waals surface area contributed by atoms with E-state index in [1.807, 2.05) is 0 Å². The Morgan fingerprint density at radius 3 is 2.25 bits per heavy atom. The molecule has 3 heterocycles. The standard InChI is InChI=1S/C26H28O14/c27-11-3-1-10(2-4-11)13-7-36-23-12(17(13)30)5-6-14(28)24(23)40-26-22(35)20(33)19(32)16(39-26)9-38-25-21(34)18(31)15(29)8-37-25/h1-7,15-16,18-22,25-29,31-35H,8-9H2/t15-,16-,18+,19-,20+,21-,22-,25-,26-/m1/s1. The van der Waals surface area contributed by atoms with E-state index >= 15 is 0 Å². The molecule has 40 heavy (non-hydrogen) atoms. The first-order valence-corrected chi connectivity index (χ1v) is 12.3. The van der Waals surface area contributed by atoms with Gasteiger partial charge in [-0.15, -0.1) is 0 Å². The number of fused-ring (bicyclic) bond motifs is 1. The van der Waals surface area contributed by atoms with Gasteiger partial charge in [-0.2, -0.15) is 0 Å². The number of aliphatic hydroxyl groups is 6. The summed E-state index contributed by atoms with van der Waals surface area (Å²) in [5.74, 6) is -0.860. The summed E-state index contributed by atoms with van der Waals surface area (Å²) < 4.78 is 27.4. The third kappa shape index (κ3) is 5.24. The number of aliphatic hydroxyl groups excluding tert-OH is 6. The second-order valence-electron chi connectivity index (χ2n) is 9.53. The van der Waals surface area contributed by atoms with Gasteiger partial charge in [0.05, 0.1) is 24.2 Å². The Hall–Kier alpha value is -3.31. The van der Waals surface area contributed by atoms with Crippen molar-refractivity contribution in [1.29, 1.82) is 0 Å². The van der Waals surface area contributed by atoms with E-state index < -0.39 is 73.1 Å². The summed E-state index contributed by atoms with van der Waals surface area (Å²) in [6.07, 6.45) is -13.1. The molecule has 1 aromatic heterocycles. The smallest absolute Gasteiger partial charge is 0.229 e. The highest BCUT2D eigenvalue weighted by atomic mass is 16.7. The third-order valence-electron chi connectivity index (χ3n) is 6.84. The third-order valence-corrected chi connectivity index (χ3v) is 6.84. The molecule has 3 aromatic rings. The quantitative estimate of drug-likeness (QED) is 0.171. The van der Waals surface area contributed by atoms with E-state index in [0.717, 1.165) is 12.3 Å². The summed E-state index contributed by atoms with van der Waals surface area (Å²) in [5, 5.41) is 80.8. The van der Waals surface area contributed by atoms with Gasteiger partial charge in [-0.1, -0.05) is 12.1 Å². The van der Waals surface area contributed by atoms with Gasteiger partial charge in [0.1, 0.15) is 54.7 Å². The summed E-state index contributed by atoms with van der Waals surface area (Å²) in [6, 6.07) is 8.32. The van der Waals surface area contributed by atoms with Gasteiger partial charge in [-0.3, -0.25) is 4.79 Å². The fraction of sp³-hybridized carbons (Fsp3) is 0.423. The highest BCUT2D eigenvalue weighted by Gasteiger charge is 2.47. The van der Waals surface area contributed by atoms with E-state index in [-0.39, 0.29) is 34.6 Å². The van der Waals surface area contributed by atoms with Gasteiger partial charge in [0.2, 0.25) is 17.5 Å². The number of ether oxygens (including phenoxy) is 4. The van der Waals surface area contributed by atoms with E-state index in [1.54, 1.807) is 0 Å². The molecule has 2 aliphatic rings. The van der Waals surface area contributed by atoms with Crippen molar-refractivity contribution in [2.24, 2.45) is 0 Å². The fourth-order valence-electron chi connectivity index (χ4n) is 4.50. The van der Waals surface area contributed by atoms with Gasteiger partial charge in [-0.25, -0.2) is 0 Å². The lowest BCUT2D eigenvalue weighted by Crippen LogP contribution is -2.61. The van der Waals surface area contributed by atoms with Crippen LogP contribution < -0.4 is 10.2 Å². The Morgan fingerprint density at radius 1 is 0.825 bits per heavy atom. The number of aromatic hydroxyl groups is 2. The van der Waals surface area contributed by atoms with Crippen molar-refractivity contribution in [2.75, 3.05) is 13.2 Å². The maximum Gasteiger partial charge on any atom is 0.229 e. The van der Waals surface area contributed by atoms with Crippen LogP contribution in [0.1, 0.15) is 0 Å². The first-order valence-electron chi connectivity index (χ1n) is 12.3. The van der Waals surface area contributed by atoms with Crippen LogP contribution in [0.2, 0.25) is 0 Å². The molecular formula is C26H28O14. The molecule has 0 unspecified atom stereocenters. The Labute approximate surface area is 225 Å². The molecule has 0 bridgehead atoms. The molecule has 8 N–H and O–H groups in total. The van der Waals surface area contributed by atoms with Crippen LogP contribution >= 0.6 is 0 Å². The lowest BCUT2D eigenvalue weighted by atomic mass is 9.99. The Bertz CT molecular complexity index is 1390. The largest absolute Gasteiger partial charge is 0.508 e. The molecule has 9 atom stereocenters. The van der Waals surface area contributed by atoms with Crippen LogP contribution in [-0.4, -0.2) is 109 Å². The van der Waals surface area contributed by atoms with Gasteiger partial charge in [-0.05, 0) is 29.8 Å². The second kappa shape index (κ2) is 11.3. The van der Waals surface area contributed by atoms with Crippen LogP contribution in [-0.2, 0) is 14.2 Å². The predicted molar refractivity (Wildman–Crippen MR) is 132 cm³/mol. The summed E-state index contributed by atoms with van der Waals surface area (Å²) in [7, 11) is 0. The van der Waals surface area contributed by atoms with Crippen molar-refractivity contribution in [3.8, 4) is 28.4 Å². The minimum Gasteiger partial charge on any atom is -0.508 e. The number of phenols is 2. The van der Waals surface area contributed by atoms with Crippen molar-refractivity contribution in [2.45, 2.75) is 55.3 Å². The molecule has 0 radical (unpaired) electrons. The molecule has 2 saturated heterocycles. The average Bonchev–Trinajstić information content (AvgIpc) is 2.94. The fourth-order valence-corrected chi connectivity index (χ4v) is 4.50. The Kier molecular flexibility index (Phi) is 7.96.